The quantitative estimate of drug-likeness (QED) is 0.722. The molecule has 0 spiro atoms. The number of allylic oxidation sites excluding steroid dienone is 3. The van der Waals surface area contributed by atoms with Gasteiger partial charge in [-0.3, -0.25) is 4.79 Å². The summed E-state index contributed by atoms with van der Waals surface area (Å²) >= 11 is 0. The minimum Gasteiger partial charge on any atom is -0.349 e. The van der Waals surface area contributed by atoms with Gasteiger partial charge in [0.1, 0.15) is 0 Å². The van der Waals surface area contributed by atoms with Gasteiger partial charge in [0.15, 0.2) is 0 Å². The normalized spacial score (nSPS) is 34.2. The van der Waals surface area contributed by atoms with E-state index in [9.17, 15) is 4.79 Å². The van der Waals surface area contributed by atoms with Gasteiger partial charge >= 0.3 is 0 Å². The van der Waals surface area contributed by atoms with Crippen molar-refractivity contribution in [3.05, 3.63) is 59.0 Å². The summed E-state index contributed by atoms with van der Waals surface area (Å²) in [5, 5.41) is 5.65. The minimum absolute atomic E-state index is 0.0128. The summed E-state index contributed by atoms with van der Waals surface area (Å²) < 4.78 is 0. The summed E-state index contributed by atoms with van der Waals surface area (Å²) in [5.74, 6) is 0.782. The molecule has 0 saturated carbocycles. The van der Waals surface area contributed by atoms with Crippen molar-refractivity contribution in [1.82, 2.24) is 5.32 Å². The highest BCUT2D eigenvalue weighted by atomic mass is 16.2. The van der Waals surface area contributed by atoms with Crippen LogP contribution in [0.2, 0.25) is 0 Å². The molecule has 2 heteroatoms. The molecule has 3 aliphatic rings. The van der Waals surface area contributed by atoms with Crippen LogP contribution in [0.5, 0.6) is 0 Å². The van der Waals surface area contributed by atoms with Crippen molar-refractivity contribution >= 4 is 18.1 Å². The molecule has 4 atom stereocenters. The zero-order valence-corrected chi connectivity index (χ0v) is 10.5. The molecule has 1 aromatic carbocycles. The molecule has 0 unspecified atom stereocenters. The molecular weight excluding hydrogens is 234 g/mol. The van der Waals surface area contributed by atoms with Gasteiger partial charge in [0.25, 0.3) is 0 Å². The molecule has 2 nitrogen and oxygen atoms in total. The number of carbonyl (C=O) groups is 1. The molecule has 4 rings (SSSR count). The lowest BCUT2D eigenvalue weighted by molar-refractivity contribution is -0.127. The van der Waals surface area contributed by atoms with Crippen molar-refractivity contribution in [3.8, 4) is 0 Å². The maximum absolute atomic E-state index is 12.2. The Morgan fingerprint density at radius 3 is 2.47 bits per heavy atom. The fourth-order valence-electron chi connectivity index (χ4n) is 3.43. The molecule has 0 radical (unpaired) electrons. The van der Waals surface area contributed by atoms with Crippen molar-refractivity contribution < 1.29 is 4.79 Å². The number of rotatable bonds is 0. The van der Waals surface area contributed by atoms with Crippen LogP contribution in [0.1, 0.15) is 0 Å². The summed E-state index contributed by atoms with van der Waals surface area (Å²) in [4.78, 5) is 12.2. The van der Waals surface area contributed by atoms with E-state index in [0.717, 1.165) is 0 Å². The Kier molecular flexibility index (Phi) is 2.25. The van der Waals surface area contributed by atoms with Gasteiger partial charge in [-0.2, -0.15) is 0 Å². The van der Waals surface area contributed by atoms with Crippen LogP contribution >= 0.6 is 0 Å². The molecule has 1 fully saturated rings. The third kappa shape index (κ3) is 1.60. The van der Waals surface area contributed by atoms with Gasteiger partial charge in [0, 0.05) is 11.8 Å². The van der Waals surface area contributed by atoms with E-state index in [1.54, 1.807) is 0 Å². The standard InChI is InChI=1S/C17H15NO/c19-17-14-8-4-3-7-13(14)15-9-11-5-1-2-6-12(11)10-16(15)18-17/h1-10,13-16H,(H,18,19)/t13-,14-,15-,16-/m1/s1. The van der Waals surface area contributed by atoms with Crippen LogP contribution in [0.25, 0.3) is 12.2 Å². The van der Waals surface area contributed by atoms with Gasteiger partial charge in [-0.05, 0) is 10.4 Å². The van der Waals surface area contributed by atoms with E-state index < -0.39 is 0 Å². The molecule has 1 saturated heterocycles. The van der Waals surface area contributed by atoms with Crippen LogP contribution in [0.4, 0.5) is 0 Å². The predicted molar refractivity (Wildman–Crippen MR) is 75.3 cm³/mol. The lowest BCUT2D eigenvalue weighted by Gasteiger charge is -2.40. The van der Waals surface area contributed by atoms with Crippen LogP contribution in [-0.4, -0.2) is 11.9 Å². The van der Waals surface area contributed by atoms with Gasteiger partial charge < -0.3 is 5.32 Å². The Hall–Kier alpha value is -2.09. The molecule has 1 aromatic rings. The Bertz CT molecular complexity index is 713. The van der Waals surface area contributed by atoms with E-state index in [1.165, 1.54) is 10.4 Å². The largest absolute Gasteiger partial charge is 0.349 e. The third-order valence-corrected chi connectivity index (χ3v) is 4.38. The molecule has 0 aromatic heterocycles. The minimum atomic E-state index is -0.0128. The summed E-state index contributed by atoms with van der Waals surface area (Å²) in [7, 11) is 0. The highest BCUT2D eigenvalue weighted by molar-refractivity contribution is 5.84. The number of fused-ring (bicyclic) bond motifs is 4. The number of amides is 1. The van der Waals surface area contributed by atoms with Gasteiger partial charge in [0.2, 0.25) is 5.91 Å². The van der Waals surface area contributed by atoms with Crippen molar-refractivity contribution in [2.75, 3.05) is 0 Å². The summed E-state index contributed by atoms with van der Waals surface area (Å²) in [5.41, 5.74) is 0. The van der Waals surface area contributed by atoms with Gasteiger partial charge in [-0.1, -0.05) is 60.7 Å². The number of hydrogen-bond donors (Lipinski definition) is 1. The number of nitrogens with one attached hydrogen (secondary N) is 1. The van der Waals surface area contributed by atoms with Crippen molar-refractivity contribution in [2.24, 2.45) is 17.8 Å². The van der Waals surface area contributed by atoms with Crippen LogP contribution < -0.4 is 15.8 Å². The highest BCUT2D eigenvalue weighted by Crippen LogP contribution is 2.35. The predicted octanol–water partition coefficient (Wildman–Crippen LogP) is 0.734. The average molecular weight is 249 g/mol. The molecule has 1 aliphatic heterocycles. The molecular formula is C17H15NO. The van der Waals surface area contributed by atoms with Gasteiger partial charge in [0.05, 0.1) is 12.0 Å². The molecule has 0 bridgehead atoms. The SMILES string of the molecule is O=C1N[C@@H]2C=c3ccccc3=C[C@@H]2[C@@H]2C=CC=C[C@@H]12. The number of hydrogen-bond acceptors (Lipinski definition) is 1. The number of piperidine rings is 1. The topological polar surface area (TPSA) is 29.1 Å². The van der Waals surface area contributed by atoms with Crippen LogP contribution in [0, 0.1) is 17.8 Å². The van der Waals surface area contributed by atoms with E-state index in [0.29, 0.717) is 5.92 Å². The van der Waals surface area contributed by atoms with E-state index >= 15 is 0 Å². The van der Waals surface area contributed by atoms with Crippen molar-refractivity contribution in [1.29, 1.82) is 0 Å². The Labute approximate surface area is 111 Å². The lowest BCUT2D eigenvalue weighted by Crippen LogP contribution is -2.55. The van der Waals surface area contributed by atoms with E-state index in [-0.39, 0.29) is 23.8 Å². The first kappa shape index (κ1) is 10.8. The van der Waals surface area contributed by atoms with Crippen LogP contribution in [0.15, 0.2) is 48.6 Å². The molecule has 2 aliphatic carbocycles. The first-order valence-electron chi connectivity index (χ1n) is 6.77. The second-order valence-corrected chi connectivity index (χ2v) is 5.45. The first-order valence-corrected chi connectivity index (χ1v) is 6.77. The van der Waals surface area contributed by atoms with E-state index in [1.807, 2.05) is 18.2 Å². The van der Waals surface area contributed by atoms with E-state index in [4.69, 9.17) is 0 Å². The summed E-state index contributed by atoms with van der Waals surface area (Å²) in [6, 6.07) is 8.49. The second kappa shape index (κ2) is 3.95. The highest BCUT2D eigenvalue weighted by Gasteiger charge is 2.40. The van der Waals surface area contributed by atoms with Crippen molar-refractivity contribution in [2.45, 2.75) is 6.04 Å². The Balaban J connectivity index is 1.86. The fraction of sp³-hybridized carbons (Fsp3) is 0.235. The average Bonchev–Trinajstić information content (AvgIpc) is 2.46. The first-order chi connectivity index (χ1) is 9.33. The lowest BCUT2D eigenvalue weighted by atomic mass is 9.70. The van der Waals surface area contributed by atoms with E-state index in [2.05, 4.69) is 47.8 Å². The van der Waals surface area contributed by atoms with Crippen molar-refractivity contribution in [3.63, 3.8) is 0 Å². The second-order valence-electron chi connectivity index (χ2n) is 5.45. The fourth-order valence-corrected chi connectivity index (χ4v) is 3.43. The van der Waals surface area contributed by atoms with Crippen LogP contribution in [0.3, 0.4) is 0 Å². The molecule has 1 heterocycles. The summed E-state index contributed by atoms with van der Waals surface area (Å²) in [6.07, 6.45) is 12.7. The molecule has 1 N–H and O–H groups in total. The van der Waals surface area contributed by atoms with Crippen LogP contribution in [-0.2, 0) is 4.79 Å². The monoisotopic (exact) mass is 249 g/mol. The number of carbonyl (C=O) groups excluding carboxylic acids is 1. The summed E-state index contributed by atoms with van der Waals surface area (Å²) in [6.45, 7) is 0. The molecule has 19 heavy (non-hydrogen) atoms. The van der Waals surface area contributed by atoms with Gasteiger partial charge in [-0.25, -0.2) is 0 Å². The number of benzene rings is 1. The molecule has 1 amide bonds. The third-order valence-electron chi connectivity index (χ3n) is 4.38. The Morgan fingerprint density at radius 2 is 1.63 bits per heavy atom. The maximum atomic E-state index is 12.2. The molecule has 94 valence electrons. The maximum Gasteiger partial charge on any atom is 0.228 e. The van der Waals surface area contributed by atoms with Gasteiger partial charge in [-0.15, -0.1) is 0 Å². The Morgan fingerprint density at radius 1 is 0.895 bits per heavy atom. The smallest absolute Gasteiger partial charge is 0.228 e. The zero-order valence-electron chi connectivity index (χ0n) is 10.5. The zero-order chi connectivity index (χ0) is 12.8.